The van der Waals surface area contributed by atoms with Crippen molar-refractivity contribution >= 4 is 26.0 Å². The Bertz CT molecular complexity index is 494. The third-order valence-electron chi connectivity index (χ3n) is 2.28. The van der Waals surface area contributed by atoms with Gasteiger partial charge in [0, 0.05) is 18.9 Å². The number of hydrogen-bond acceptors (Lipinski definition) is 2. The molecule has 0 spiro atoms. The van der Waals surface area contributed by atoms with Crippen LogP contribution in [0.4, 0.5) is 0 Å². The number of rotatable bonds is 5. The maximum absolute atomic E-state index is 12.1. The fourth-order valence-electron chi connectivity index (χ4n) is 1.40. The van der Waals surface area contributed by atoms with Gasteiger partial charge in [0.05, 0.1) is 4.90 Å². The second-order valence-corrected chi connectivity index (χ2v) is 6.60. The van der Waals surface area contributed by atoms with Crippen molar-refractivity contribution in [1.29, 1.82) is 0 Å². The zero-order valence-electron chi connectivity index (χ0n) is 9.98. The predicted molar refractivity (Wildman–Crippen MR) is 73.7 cm³/mol. The Morgan fingerprint density at radius 3 is 2.29 bits per heavy atom. The zero-order valence-corrected chi connectivity index (χ0v) is 12.4. The van der Waals surface area contributed by atoms with Crippen molar-refractivity contribution in [3.05, 3.63) is 42.0 Å². The van der Waals surface area contributed by atoms with Crippen LogP contribution in [0.1, 0.15) is 12.5 Å². The van der Waals surface area contributed by atoms with Crippen molar-refractivity contribution in [3.63, 3.8) is 0 Å². The predicted octanol–water partition coefficient (Wildman–Crippen LogP) is 2.78. The Hall–Kier alpha value is -0.650. The van der Waals surface area contributed by atoms with Gasteiger partial charge in [-0.25, -0.2) is 8.42 Å². The van der Waals surface area contributed by atoms with Crippen LogP contribution in [0.5, 0.6) is 0 Å². The highest BCUT2D eigenvalue weighted by molar-refractivity contribution is 9.08. The molecule has 0 heterocycles. The first-order chi connectivity index (χ1) is 7.87. The molecule has 0 bridgehead atoms. The van der Waals surface area contributed by atoms with Crippen LogP contribution >= 0.6 is 15.9 Å². The molecule has 0 saturated carbocycles. The summed E-state index contributed by atoms with van der Waals surface area (Å²) in [5.41, 5.74) is 1.86. The van der Waals surface area contributed by atoms with E-state index in [1.165, 1.54) is 4.31 Å². The van der Waals surface area contributed by atoms with E-state index in [0.29, 0.717) is 11.4 Å². The highest BCUT2D eigenvalue weighted by atomic mass is 79.9. The van der Waals surface area contributed by atoms with Gasteiger partial charge in [-0.05, 0) is 24.6 Å². The Balaban J connectivity index is 3.00. The van der Waals surface area contributed by atoms with E-state index in [0.717, 1.165) is 16.5 Å². The lowest BCUT2D eigenvalue weighted by Gasteiger charge is -2.17. The van der Waals surface area contributed by atoms with E-state index >= 15 is 0 Å². The van der Waals surface area contributed by atoms with Gasteiger partial charge in [-0.2, -0.15) is 4.31 Å². The van der Waals surface area contributed by atoms with Crippen LogP contribution in [-0.4, -0.2) is 26.3 Å². The topological polar surface area (TPSA) is 37.4 Å². The Kier molecular flexibility index (Phi) is 4.91. The third kappa shape index (κ3) is 3.66. The number of halogens is 1. The molecular weight excluding hydrogens is 302 g/mol. The number of benzene rings is 1. The van der Waals surface area contributed by atoms with Crippen molar-refractivity contribution in [2.24, 2.45) is 0 Å². The van der Waals surface area contributed by atoms with Gasteiger partial charge in [0.1, 0.15) is 0 Å². The van der Waals surface area contributed by atoms with Crippen LogP contribution in [0.2, 0.25) is 0 Å². The minimum Gasteiger partial charge on any atom is -0.207 e. The normalized spacial score (nSPS) is 11.8. The molecular formula is C12H16BrNO2S. The molecule has 94 valence electrons. The van der Waals surface area contributed by atoms with Crippen LogP contribution < -0.4 is 0 Å². The fourth-order valence-corrected chi connectivity index (χ4v) is 3.00. The minimum atomic E-state index is -3.40. The van der Waals surface area contributed by atoms with Crippen LogP contribution in [0.25, 0.3) is 0 Å². The van der Waals surface area contributed by atoms with Crippen molar-refractivity contribution in [2.45, 2.75) is 17.1 Å². The van der Waals surface area contributed by atoms with E-state index < -0.39 is 10.0 Å². The van der Waals surface area contributed by atoms with Crippen molar-refractivity contribution in [1.82, 2.24) is 4.31 Å². The van der Waals surface area contributed by atoms with Gasteiger partial charge >= 0.3 is 0 Å². The van der Waals surface area contributed by atoms with Crippen LogP contribution in [0, 0.1) is 0 Å². The van der Waals surface area contributed by atoms with Gasteiger partial charge in [0.2, 0.25) is 10.0 Å². The summed E-state index contributed by atoms with van der Waals surface area (Å²) < 4.78 is 25.6. The SMILES string of the molecule is C=C(C)CN(C)S(=O)(=O)c1ccc(CBr)cc1. The quantitative estimate of drug-likeness (QED) is 0.618. The second kappa shape index (κ2) is 5.80. The first-order valence-corrected chi connectivity index (χ1v) is 7.69. The van der Waals surface area contributed by atoms with Crippen LogP contribution in [0.3, 0.4) is 0 Å². The van der Waals surface area contributed by atoms with E-state index in [1.54, 1.807) is 38.2 Å². The summed E-state index contributed by atoms with van der Waals surface area (Å²) in [5.74, 6) is 0. The molecule has 1 aromatic rings. The monoisotopic (exact) mass is 317 g/mol. The van der Waals surface area contributed by atoms with Gasteiger partial charge in [0.15, 0.2) is 0 Å². The lowest BCUT2D eigenvalue weighted by molar-refractivity contribution is 0.493. The number of sulfonamides is 1. The minimum absolute atomic E-state index is 0.311. The highest BCUT2D eigenvalue weighted by Crippen LogP contribution is 2.16. The molecule has 0 N–H and O–H groups in total. The van der Waals surface area contributed by atoms with Crippen molar-refractivity contribution in [2.75, 3.05) is 13.6 Å². The largest absolute Gasteiger partial charge is 0.243 e. The Morgan fingerprint density at radius 2 is 1.88 bits per heavy atom. The first-order valence-electron chi connectivity index (χ1n) is 5.13. The molecule has 0 fully saturated rings. The summed E-state index contributed by atoms with van der Waals surface area (Å²) in [5, 5.41) is 0.717. The second-order valence-electron chi connectivity index (χ2n) is 4.00. The molecule has 0 amide bonds. The molecule has 17 heavy (non-hydrogen) atoms. The number of likely N-dealkylation sites (N-methyl/N-ethyl adjacent to an activating group) is 1. The summed E-state index contributed by atoms with van der Waals surface area (Å²) in [6.07, 6.45) is 0. The molecule has 0 aliphatic carbocycles. The average molecular weight is 318 g/mol. The summed E-state index contributed by atoms with van der Waals surface area (Å²) in [4.78, 5) is 0.311. The van der Waals surface area contributed by atoms with Gasteiger partial charge in [-0.15, -0.1) is 0 Å². The van der Waals surface area contributed by atoms with E-state index in [4.69, 9.17) is 0 Å². The van der Waals surface area contributed by atoms with E-state index in [1.807, 2.05) is 0 Å². The molecule has 0 atom stereocenters. The van der Waals surface area contributed by atoms with Crippen LogP contribution in [-0.2, 0) is 15.4 Å². The van der Waals surface area contributed by atoms with E-state index in [-0.39, 0.29) is 0 Å². The summed E-state index contributed by atoms with van der Waals surface area (Å²) in [6.45, 7) is 5.86. The summed E-state index contributed by atoms with van der Waals surface area (Å²) in [6, 6.07) is 6.86. The third-order valence-corrected chi connectivity index (χ3v) is 4.74. The molecule has 0 aliphatic heterocycles. The summed E-state index contributed by atoms with van der Waals surface area (Å²) in [7, 11) is -1.84. The number of hydrogen-bond donors (Lipinski definition) is 0. The van der Waals surface area contributed by atoms with E-state index in [2.05, 4.69) is 22.5 Å². The van der Waals surface area contributed by atoms with Crippen molar-refractivity contribution < 1.29 is 8.42 Å². The van der Waals surface area contributed by atoms with Crippen molar-refractivity contribution in [3.8, 4) is 0 Å². The van der Waals surface area contributed by atoms with Gasteiger partial charge in [0.25, 0.3) is 0 Å². The van der Waals surface area contributed by atoms with Gasteiger partial charge in [-0.3, -0.25) is 0 Å². The molecule has 0 aromatic heterocycles. The Morgan fingerprint density at radius 1 is 1.35 bits per heavy atom. The van der Waals surface area contributed by atoms with Crippen LogP contribution in [0.15, 0.2) is 41.3 Å². The zero-order chi connectivity index (χ0) is 13.1. The molecule has 0 radical (unpaired) electrons. The lowest BCUT2D eigenvalue weighted by Crippen LogP contribution is -2.28. The highest BCUT2D eigenvalue weighted by Gasteiger charge is 2.20. The molecule has 1 rings (SSSR count). The number of nitrogens with zero attached hydrogens (tertiary/aromatic N) is 1. The van der Waals surface area contributed by atoms with Gasteiger partial charge in [-0.1, -0.05) is 40.2 Å². The standard InChI is InChI=1S/C12H16BrNO2S/c1-10(2)9-14(3)17(15,16)12-6-4-11(8-13)5-7-12/h4-7H,1,8-9H2,2-3H3. The summed E-state index contributed by atoms with van der Waals surface area (Å²) >= 11 is 3.32. The molecule has 0 unspecified atom stereocenters. The molecule has 1 aromatic carbocycles. The molecule has 5 heteroatoms. The Labute approximate surface area is 111 Å². The van der Waals surface area contributed by atoms with Gasteiger partial charge < -0.3 is 0 Å². The number of alkyl halides is 1. The fraction of sp³-hybridized carbons (Fsp3) is 0.333. The molecule has 3 nitrogen and oxygen atoms in total. The average Bonchev–Trinajstić information content (AvgIpc) is 2.28. The molecule has 0 saturated heterocycles. The first kappa shape index (κ1) is 14.4. The lowest BCUT2D eigenvalue weighted by atomic mass is 10.2. The maximum atomic E-state index is 12.1. The maximum Gasteiger partial charge on any atom is 0.243 e. The molecule has 0 aliphatic rings. The van der Waals surface area contributed by atoms with E-state index in [9.17, 15) is 8.42 Å². The smallest absolute Gasteiger partial charge is 0.207 e.